The first-order valence-electron chi connectivity index (χ1n) is 6.37. The summed E-state index contributed by atoms with van der Waals surface area (Å²) in [7, 11) is 0. The SMILES string of the molecule is CC(C)(C)CC(=O)CN.CC(C)(C)CCC(N)=O. The van der Waals surface area contributed by atoms with Gasteiger partial charge in [-0.05, 0) is 17.3 Å². The molecule has 0 aliphatic heterocycles. The molecule has 0 unspecified atom stereocenters. The largest absolute Gasteiger partial charge is 0.370 e. The maximum atomic E-state index is 10.7. The van der Waals surface area contributed by atoms with Crippen molar-refractivity contribution < 1.29 is 9.59 Å². The molecule has 0 aromatic rings. The second-order valence-electron chi connectivity index (χ2n) is 7.01. The van der Waals surface area contributed by atoms with Crippen molar-refractivity contribution in [2.45, 2.75) is 60.8 Å². The molecule has 0 aromatic carbocycles. The molecule has 0 saturated carbocycles. The Morgan fingerprint density at radius 1 is 0.944 bits per heavy atom. The molecule has 18 heavy (non-hydrogen) atoms. The summed E-state index contributed by atoms with van der Waals surface area (Å²) in [5.74, 6) is -0.0626. The molecule has 108 valence electrons. The van der Waals surface area contributed by atoms with Crippen LogP contribution in [-0.2, 0) is 9.59 Å². The van der Waals surface area contributed by atoms with Gasteiger partial charge in [0.25, 0.3) is 0 Å². The van der Waals surface area contributed by atoms with Crippen molar-refractivity contribution in [3.63, 3.8) is 0 Å². The molecule has 0 fully saturated rings. The number of carbonyl (C=O) groups is 2. The van der Waals surface area contributed by atoms with Gasteiger partial charge in [0, 0.05) is 12.8 Å². The summed E-state index contributed by atoms with van der Waals surface area (Å²) in [6.07, 6.45) is 1.97. The maximum Gasteiger partial charge on any atom is 0.217 e. The Morgan fingerprint density at radius 2 is 1.39 bits per heavy atom. The molecule has 0 spiro atoms. The Bertz CT molecular complexity index is 260. The zero-order chi connectivity index (χ0) is 15.0. The van der Waals surface area contributed by atoms with Gasteiger partial charge in [-0.3, -0.25) is 9.59 Å². The lowest BCUT2D eigenvalue weighted by molar-refractivity contribution is -0.119. The van der Waals surface area contributed by atoms with Gasteiger partial charge in [-0.2, -0.15) is 0 Å². The van der Waals surface area contributed by atoms with Crippen LogP contribution < -0.4 is 11.5 Å². The number of hydrogen-bond donors (Lipinski definition) is 2. The topological polar surface area (TPSA) is 86.2 Å². The molecule has 1 amide bonds. The fraction of sp³-hybridized carbons (Fsp3) is 0.857. The molecule has 4 nitrogen and oxygen atoms in total. The van der Waals surface area contributed by atoms with Gasteiger partial charge in [-0.1, -0.05) is 41.5 Å². The van der Waals surface area contributed by atoms with Crippen LogP contribution in [0.3, 0.4) is 0 Å². The van der Waals surface area contributed by atoms with Crippen LogP contribution in [-0.4, -0.2) is 18.2 Å². The van der Waals surface area contributed by atoms with E-state index in [2.05, 4.69) is 20.8 Å². The molecule has 0 atom stereocenters. The summed E-state index contributed by atoms with van der Waals surface area (Å²) in [4.78, 5) is 21.0. The number of rotatable bonds is 4. The van der Waals surface area contributed by atoms with Crippen LogP contribution in [0.15, 0.2) is 0 Å². The van der Waals surface area contributed by atoms with Gasteiger partial charge in [0.2, 0.25) is 5.91 Å². The Balaban J connectivity index is 0. The van der Waals surface area contributed by atoms with Gasteiger partial charge in [0.15, 0.2) is 0 Å². The van der Waals surface area contributed by atoms with Crippen LogP contribution in [0, 0.1) is 10.8 Å². The van der Waals surface area contributed by atoms with Crippen molar-refractivity contribution in [3.8, 4) is 0 Å². The van der Waals surface area contributed by atoms with Gasteiger partial charge in [-0.15, -0.1) is 0 Å². The van der Waals surface area contributed by atoms with E-state index in [1.165, 1.54) is 0 Å². The van der Waals surface area contributed by atoms with E-state index < -0.39 is 0 Å². The highest BCUT2D eigenvalue weighted by Gasteiger charge is 2.13. The summed E-state index contributed by atoms with van der Waals surface area (Å²) in [6, 6.07) is 0. The predicted molar refractivity (Wildman–Crippen MR) is 76.0 cm³/mol. The number of ketones is 1. The van der Waals surface area contributed by atoms with E-state index in [1.807, 2.05) is 20.8 Å². The van der Waals surface area contributed by atoms with E-state index in [9.17, 15) is 9.59 Å². The summed E-state index contributed by atoms with van der Waals surface area (Å²) in [5.41, 5.74) is 10.4. The lowest BCUT2D eigenvalue weighted by Crippen LogP contribution is -2.20. The van der Waals surface area contributed by atoms with Crippen molar-refractivity contribution in [1.82, 2.24) is 0 Å². The standard InChI is InChI=1S/2C7H15NO/c1-7(2,3)4-6(9)5-8;1-7(2,3)5-4-6(8)9/h4-5,8H2,1-3H3;4-5H2,1-3H3,(H2,8,9). The highest BCUT2D eigenvalue weighted by molar-refractivity contribution is 5.80. The molecule has 0 radical (unpaired) electrons. The first-order valence-corrected chi connectivity index (χ1v) is 6.37. The number of amides is 1. The zero-order valence-electron chi connectivity index (χ0n) is 12.8. The van der Waals surface area contributed by atoms with E-state index >= 15 is 0 Å². The lowest BCUT2D eigenvalue weighted by Gasteiger charge is -2.15. The van der Waals surface area contributed by atoms with Gasteiger partial charge in [0.1, 0.15) is 5.78 Å². The number of Topliss-reactive ketones (excluding diaryl/α,β-unsaturated/α-hetero) is 1. The average molecular weight is 258 g/mol. The van der Waals surface area contributed by atoms with Crippen molar-refractivity contribution >= 4 is 11.7 Å². The molecule has 0 heterocycles. The molecular formula is C14H30N2O2. The molecule has 0 aliphatic carbocycles. The van der Waals surface area contributed by atoms with Gasteiger partial charge in [0.05, 0.1) is 6.54 Å². The fourth-order valence-electron chi connectivity index (χ4n) is 1.16. The van der Waals surface area contributed by atoms with E-state index in [4.69, 9.17) is 11.5 Å². The maximum absolute atomic E-state index is 10.7. The van der Waals surface area contributed by atoms with E-state index in [0.29, 0.717) is 12.8 Å². The van der Waals surface area contributed by atoms with Crippen LogP contribution >= 0.6 is 0 Å². The third-order valence-corrected chi connectivity index (χ3v) is 2.08. The monoisotopic (exact) mass is 258 g/mol. The van der Waals surface area contributed by atoms with E-state index in [1.54, 1.807) is 0 Å². The predicted octanol–water partition coefficient (Wildman–Crippen LogP) is 2.25. The minimum atomic E-state index is -0.204. The minimum absolute atomic E-state index is 0.0937. The molecule has 0 saturated heterocycles. The Kier molecular flexibility index (Phi) is 8.91. The first kappa shape index (κ1) is 19.4. The third-order valence-electron chi connectivity index (χ3n) is 2.08. The first-order chi connectivity index (χ1) is 7.87. The number of nitrogens with two attached hydrogens (primary N) is 2. The second-order valence-corrected chi connectivity index (χ2v) is 7.01. The highest BCUT2D eigenvalue weighted by Crippen LogP contribution is 2.19. The summed E-state index contributed by atoms with van der Waals surface area (Å²) in [5, 5.41) is 0. The van der Waals surface area contributed by atoms with Crippen LogP contribution in [0.25, 0.3) is 0 Å². The Labute approximate surface area is 111 Å². The average Bonchev–Trinajstić information content (AvgIpc) is 2.12. The van der Waals surface area contributed by atoms with Gasteiger partial charge in [-0.25, -0.2) is 0 Å². The van der Waals surface area contributed by atoms with Crippen molar-refractivity contribution in [2.75, 3.05) is 6.54 Å². The zero-order valence-corrected chi connectivity index (χ0v) is 12.8. The molecule has 0 aromatic heterocycles. The number of primary amides is 1. The number of hydrogen-bond acceptors (Lipinski definition) is 3. The number of carbonyl (C=O) groups excluding carboxylic acids is 2. The highest BCUT2D eigenvalue weighted by atomic mass is 16.1. The lowest BCUT2D eigenvalue weighted by atomic mass is 9.90. The molecule has 4 N–H and O–H groups in total. The molecule has 4 heteroatoms. The summed E-state index contributed by atoms with van der Waals surface area (Å²) < 4.78 is 0. The Morgan fingerprint density at radius 3 is 1.50 bits per heavy atom. The minimum Gasteiger partial charge on any atom is -0.370 e. The van der Waals surface area contributed by atoms with E-state index in [0.717, 1.165) is 6.42 Å². The van der Waals surface area contributed by atoms with Crippen molar-refractivity contribution in [3.05, 3.63) is 0 Å². The third kappa shape index (κ3) is 20.5. The second kappa shape index (κ2) is 8.25. The van der Waals surface area contributed by atoms with Crippen molar-refractivity contribution in [1.29, 1.82) is 0 Å². The Hall–Kier alpha value is -0.900. The van der Waals surface area contributed by atoms with Crippen molar-refractivity contribution in [2.24, 2.45) is 22.3 Å². The molecule has 0 aliphatic rings. The normalized spacial score (nSPS) is 11.5. The van der Waals surface area contributed by atoms with Gasteiger partial charge < -0.3 is 11.5 Å². The summed E-state index contributed by atoms with van der Waals surface area (Å²) in [6.45, 7) is 12.5. The van der Waals surface area contributed by atoms with Gasteiger partial charge >= 0.3 is 0 Å². The smallest absolute Gasteiger partial charge is 0.217 e. The van der Waals surface area contributed by atoms with Crippen LogP contribution in [0.4, 0.5) is 0 Å². The van der Waals surface area contributed by atoms with Crippen LogP contribution in [0.5, 0.6) is 0 Å². The van der Waals surface area contributed by atoms with Crippen LogP contribution in [0.2, 0.25) is 0 Å². The quantitative estimate of drug-likeness (QED) is 0.810. The van der Waals surface area contributed by atoms with Crippen LogP contribution in [0.1, 0.15) is 60.8 Å². The molecule has 0 bridgehead atoms. The fourth-order valence-corrected chi connectivity index (χ4v) is 1.16. The molecular weight excluding hydrogens is 228 g/mol. The molecule has 0 rings (SSSR count). The summed E-state index contributed by atoms with van der Waals surface area (Å²) >= 11 is 0. The van der Waals surface area contributed by atoms with E-state index in [-0.39, 0.29) is 29.1 Å².